The van der Waals surface area contributed by atoms with E-state index in [1.807, 2.05) is 26.0 Å². The summed E-state index contributed by atoms with van der Waals surface area (Å²) in [6.07, 6.45) is 2.66. The minimum absolute atomic E-state index is 0.101. The molecule has 0 aliphatic carbocycles. The van der Waals surface area contributed by atoms with Crippen molar-refractivity contribution in [1.82, 2.24) is 10.3 Å². The average molecular weight is 392 g/mol. The van der Waals surface area contributed by atoms with Gasteiger partial charge in [0.25, 0.3) is 5.91 Å². The van der Waals surface area contributed by atoms with Crippen LogP contribution in [0.1, 0.15) is 54.1 Å². The summed E-state index contributed by atoms with van der Waals surface area (Å²) in [6, 6.07) is 11.1. The number of hydrogen-bond acceptors (Lipinski definition) is 6. The first-order valence-corrected chi connectivity index (χ1v) is 9.67. The summed E-state index contributed by atoms with van der Waals surface area (Å²) < 4.78 is 4.94. The first-order valence-electron chi connectivity index (χ1n) is 9.67. The van der Waals surface area contributed by atoms with Crippen molar-refractivity contribution in [3.05, 3.63) is 53.2 Å². The second-order valence-electron chi connectivity index (χ2n) is 7.42. The Morgan fingerprint density at radius 2 is 2.21 bits per heavy atom. The van der Waals surface area contributed by atoms with Crippen LogP contribution in [0, 0.1) is 17.2 Å². The Balaban J connectivity index is 1.72. The molecule has 7 nitrogen and oxygen atoms in total. The van der Waals surface area contributed by atoms with Crippen molar-refractivity contribution < 1.29 is 14.3 Å². The van der Waals surface area contributed by atoms with Gasteiger partial charge in [-0.1, -0.05) is 19.9 Å². The third kappa shape index (κ3) is 5.32. The highest BCUT2D eigenvalue weighted by atomic mass is 16.5. The molecule has 2 aromatic rings. The lowest BCUT2D eigenvalue weighted by Gasteiger charge is -2.22. The number of cyclic esters (lactones) is 1. The van der Waals surface area contributed by atoms with Crippen LogP contribution >= 0.6 is 0 Å². The van der Waals surface area contributed by atoms with Crippen LogP contribution < -0.4 is 10.6 Å². The molecule has 7 heteroatoms. The number of esters is 1. The fourth-order valence-corrected chi connectivity index (χ4v) is 3.26. The fraction of sp³-hybridized carbons (Fsp3) is 0.364. The van der Waals surface area contributed by atoms with Gasteiger partial charge in [-0.15, -0.1) is 0 Å². The van der Waals surface area contributed by atoms with Gasteiger partial charge >= 0.3 is 5.97 Å². The minimum Gasteiger partial charge on any atom is -0.466 e. The zero-order valence-electron chi connectivity index (χ0n) is 16.6. The molecule has 3 rings (SSSR count). The summed E-state index contributed by atoms with van der Waals surface area (Å²) in [5.74, 6) is 0.419. The maximum absolute atomic E-state index is 12.7. The minimum atomic E-state index is -0.212. The summed E-state index contributed by atoms with van der Waals surface area (Å²) in [5, 5.41) is 15.1. The molecule has 29 heavy (non-hydrogen) atoms. The van der Waals surface area contributed by atoms with Gasteiger partial charge in [-0.05, 0) is 48.1 Å². The Bertz CT molecular complexity index is 949. The fourth-order valence-electron chi connectivity index (χ4n) is 3.26. The number of ether oxygens (including phenoxy) is 1. The number of carbonyl (C=O) groups is 2. The highest BCUT2D eigenvalue weighted by Crippen LogP contribution is 2.24. The van der Waals surface area contributed by atoms with E-state index in [0.717, 1.165) is 17.7 Å². The standard InChI is InChI=1S/C22H24N4O3/c1-14(2)18-10-20(26-17-5-3-4-15(8-17)11-23)24-13-19(18)22(28)25-12-16-6-7-29-21(27)9-16/h3-5,8,10,13-14,16H,6-7,9,12H2,1-2H3,(H,24,26)(H,25,28). The molecule has 1 amide bonds. The van der Waals surface area contributed by atoms with E-state index in [4.69, 9.17) is 10.00 Å². The van der Waals surface area contributed by atoms with E-state index in [-0.39, 0.29) is 23.7 Å². The van der Waals surface area contributed by atoms with Crippen molar-refractivity contribution in [3.63, 3.8) is 0 Å². The second kappa shape index (κ2) is 9.20. The van der Waals surface area contributed by atoms with Crippen LogP contribution in [-0.2, 0) is 9.53 Å². The lowest BCUT2D eigenvalue weighted by molar-refractivity contribution is -0.149. The van der Waals surface area contributed by atoms with Crippen molar-refractivity contribution in [3.8, 4) is 6.07 Å². The number of rotatable bonds is 6. The SMILES string of the molecule is CC(C)c1cc(Nc2cccc(C#N)c2)ncc1C(=O)NCC1CCOC(=O)C1. The van der Waals surface area contributed by atoms with E-state index in [1.165, 1.54) is 0 Å². The smallest absolute Gasteiger partial charge is 0.306 e. The number of nitrogens with one attached hydrogen (secondary N) is 2. The maximum Gasteiger partial charge on any atom is 0.306 e. The third-order valence-electron chi connectivity index (χ3n) is 4.86. The molecule has 0 bridgehead atoms. The van der Waals surface area contributed by atoms with Gasteiger partial charge in [0, 0.05) is 18.4 Å². The summed E-state index contributed by atoms with van der Waals surface area (Å²) in [5.41, 5.74) is 2.71. The van der Waals surface area contributed by atoms with Gasteiger partial charge in [-0.25, -0.2) is 4.98 Å². The monoisotopic (exact) mass is 392 g/mol. The van der Waals surface area contributed by atoms with Gasteiger partial charge < -0.3 is 15.4 Å². The topological polar surface area (TPSA) is 104 Å². The van der Waals surface area contributed by atoms with Gasteiger partial charge in [0.2, 0.25) is 0 Å². The third-order valence-corrected chi connectivity index (χ3v) is 4.86. The average Bonchev–Trinajstić information content (AvgIpc) is 2.72. The molecule has 1 unspecified atom stereocenters. The molecule has 2 heterocycles. The van der Waals surface area contributed by atoms with Crippen LogP contribution in [0.3, 0.4) is 0 Å². The number of nitriles is 1. The van der Waals surface area contributed by atoms with Crippen molar-refractivity contribution in [2.24, 2.45) is 5.92 Å². The molecule has 1 saturated heterocycles. The molecule has 0 spiro atoms. The summed E-state index contributed by atoms with van der Waals surface area (Å²) in [7, 11) is 0. The van der Waals surface area contributed by atoms with Gasteiger partial charge in [-0.2, -0.15) is 5.26 Å². The maximum atomic E-state index is 12.7. The predicted octanol–water partition coefficient (Wildman–Crippen LogP) is 3.50. The number of pyridine rings is 1. The molecule has 150 valence electrons. The highest BCUT2D eigenvalue weighted by molar-refractivity contribution is 5.96. The second-order valence-corrected chi connectivity index (χ2v) is 7.42. The molecule has 1 aliphatic rings. The Morgan fingerprint density at radius 1 is 1.38 bits per heavy atom. The summed E-state index contributed by atoms with van der Waals surface area (Å²) in [4.78, 5) is 28.5. The van der Waals surface area contributed by atoms with Crippen LogP contribution in [0.25, 0.3) is 0 Å². The van der Waals surface area contributed by atoms with Crippen LogP contribution in [-0.4, -0.2) is 30.0 Å². The van der Waals surface area contributed by atoms with Crippen molar-refractivity contribution in [2.75, 3.05) is 18.5 Å². The normalized spacial score (nSPS) is 16.1. The van der Waals surface area contributed by atoms with Gasteiger partial charge in [0.15, 0.2) is 0 Å². The van der Waals surface area contributed by atoms with E-state index in [2.05, 4.69) is 21.7 Å². The van der Waals surface area contributed by atoms with E-state index in [1.54, 1.807) is 24.4 Å². The zero-order chi connectivity index (χ0) is 20.8. The molecule has 2 N–H and O–H groups in total. The van der Waals surface area contributed by atoms with Gasteiger partial charge in [0.1, 0.15) is 5.82 Å². The largest absolute Gasteiger partial charge is 0.466 e. The molecule has 1 aromatic heterocycles. The first kappa shape index (κ1) is 20.3. The first-order chi connectivity index (χ1) is 14.0. The number of amides is 1. The predicted molar refractivity (Wildman–Crippen MR) is 109 cm³/mol. The van der Waals surface area contributed by atoms with Gasteiger partial charge in [-0.3, -0.25) is 9.59 Å². The lowest BCUT2D eigenvalue weighted by atomic mass is 9.97. The Kier molecular flexibility index (Phi) is 6.45. The number of aromatic nitrogens is 1. The number of anilines is 2. The van der Waals surface area contributed by atoms with Crippen LogP contribution in [0.15, 0.2) is 36.5 Å². The van der Waals surface area contributed by atoms with E-state index in [9.17, 15) is 9.59 Å². The molecular weight excluding hydrogens is 368 g/mol. The molecule has 1 atom stereocenters. The highest BCUT2D eigenvalue weighted by Gasteiger charge is 2.22. The van der Waals surface area contributed by atoms with Crippen LogP contribution in [0.4, 0.5) is 11.5 Å². The molecule has 1 aromatic carbocycles. The van der Waals surface area contributed by atoms with Crippen LogP contribution in [0.2, 0.25) is 0 Å². The van der Waals surface area contributed by atoms with E-state index >= 15 is 0 Å². The molecule has 0 saturated carbocycles. The van der Waals surface area contributed by atoms with Crippen molar-refractivity contribution in [1.29, 1.82) is 5.26 Å². The van der Waals surface area contributed by atoms with E-state index in [0.29, 0.717) is 36.5 Å². The summed E-state index contributed by atoms with van der Waals surface area (Å²) >= 11 is 0. The lowest BCUT2D eigenvalue weighted by Crippen LogP contribution is -2.34. The Morgan fingerprint density at radius 3 is 2.93 bits per heavy atom. The Labute approximate surface area is 170 Å². The molecular formula is C22H24N4O3. The molecule has 1 aliphatic heterocycles. The van der Waals surface area contributed by atoms with E-state index < -0.39 is 0 Å². The van der Waals surface area contributed by atoms with Gasteiger partial charge in [0.05, 0.1) is 30.2 Å². The zero-order valence-corrected chi connectivity index (χ0v) is 16.6. The molecule has 0 radical (unpaired) electrons. The number of carbonyl (C=O) groups excluding carboxylic acids is 2. The van der Waals surface area contributed by atoms with Crippen molar-refractivity contribution >= 4 is 23.4 Å². The van der Waals surface area contributed by atoms with Crippen molar-refractivity contribution in [2.45, 2.75) is 32.6 Å². The Hall–Kier alpha value is -3.40. The van der Waals surface area contributed by atoms with Crippen LogP contribution in [0.5, 0.6) is 0 Å². The quantitative estimate of drug-likeness (QED) is 0.729. The summed E-state index contributed by atoms with van der Waals surface area (Å²) in [6.45, 7) is 4.88. The number of nitrogens with zero attached hydrogens (tertiary/aromatic N) is 2. The molecule has 1 fully saturated rings. The number of hydrogen-bond donors (Lipinski definition) is 2. The number of benzene rings is 1.